The molecule has 150 valence electrons. The molecule has 1 saturated heterocycles. The fraction of sp³-hybridized carbons (Fsp3) is 0.333. The zero-order valence-electron chi connectivity index (χ0n) is 17.6. The van der Waals surface area contributed by atoms with Crippen molar-refractivity contribution in [1.29, 1.82) is 0 Å². The molecule has 4 rings (SSSR count). The number of nitrogens with zero attached hydrogens (tertiary/aromatic N) is 2. The molecule has 5 nitrogen and oxygen atoms in total. The van der Waals surface area contributed by atoms with E-state index in [0.717, 1.165) is 28.3 Å². The largest absolute Gasteiger partial charge is 0.497 e. The van der Waals surface area contributed by atoms with E-state index in [1.54, 1.807) is 7.11 Å². The molecule has 0 bridgehead atoms. The maximum absolute atomic E-state index is 13.6. The van der Waals surface area contributed by atoms with Gasteiger partial charge < -0.3 is 10.1 Å². The highest BCUT2D eigenvalue weighted by atomic mass is 16.5. The van der Waals surface area contributed by atoms with Crippen LogP contribution in [0.4, 0.5) is 5.69 Å². The van der Waals surface area contributed by atoms with Crippen molar-refractivity contribution in [3.05, 3.63) is 70.9 Å². The Hall–Kier alpha value is -3.08. The molecule has 0 saturated carbocycles. The lowest BCUT2D eigenvalue weighted by molar-refractivity contribution is -0.112. The smallest absolute Gasteiger partial charge is 0.277 e. The average Bonchev–Trinajstić information content (AvgIpc) is 2.91. The van der Waals surface area contributed by atoms with E-state index in [1.165, 1.54) is 5.56 Å². The topological polar surface area (TPSA) is 53.9 Å². The highest BCUT2D eigenvalue weighted by Crippen LogP contribution is 2.42. The number of amides is 1. The fourth-order valence-electron chi connectivity index (χ4n) is 3.96. The lowest BCUT2D eigenvalue weighted by atomic mass is 9.96. The number of ether oxygens (including phenoxy) is 1. The summed E-state index contributed by atoms with van der Waals surface area (Å²) in [5, 5.41) is 3.49. The molecule has 1 unspecified atom stereocenters. The number of carbonyl (C=O) groups excluding carboxylic acids is 1. The monoisotopic (exact) mass is 389 g/mol. The summed E-state index contributed by atoms with van der Waals surface area (Å²) in [5.74, 6) is 0.698. The summed E-state index contributed by atoms with van der Waals surface area (Å²) < 4.78 is 5.29. The zero-order chi connectivity index (χ0) is 20.8. The van der Waals surface area contributed by atoms with Crippen molar-refractivity contribution >= 4 is 17.3 Å². The number of hydrogen-bond donors (Lipinski definition) is 1. The molecule has 29 heavy (non-hydrogen) atoms. The van der Waals surface area contributed by atoms with Gasteiger partial charge in [0.2, 0.25) is 0 Å². The van der Waals surface area contributed by atoms with Gasteiger partial charge in [0.1, 0.15) is 11.5 Å². The van der Waals surface area contributed by atoms with E-state index in [2.05, 4.69) is 36.5 Å². The van der Waals surface area contributed by atoms with Crippen molar-refractivity contribution in [3.8, 4) is 5.75 Å². The Morgan fingerprint density at radius 1 is 1.07 bits per heavy atom. The van der Waals surface area contributed by atoms with Crippen molar-refractivity contribution in [2.24, 2.45) is 4.99 Å². The zero-order valence-corrected chi connectivity index (χ0v) is 17.6. The van der Waals surface area contributed by atoms with Crippen LogP contribution in [0.3, 0.4) is 0 Å². The van der Waals surface area contributed by atoms with Crippen LogP contribution in [0.5, 0.6) is 5.75 Å². The number of allylic oxidation sites excluding steroid dienone is 1. The number of anilines is 1. The first kappa shape index (κ1) is 19.2. The predicted octanol–water partition coefficient (Wildman–Crippen LogP) is 4.19. The van der Waals surface area contributed by atoms with Crippen molar-refractivity contribution in [2.45, 2.75) is 39.3 Å². The minimum atomic E-state index is -0.359. The maximum Gasteiger partial charge on any atom is 0.277 e. The summed E-state index contributed by atoms with van der Waals surface area (Å²) in [5.41, 5.74) is 5.25. The second-order valence-electron chi connectivity index (χ2n) is 8.35. The Morgan fingerprint density at radius 2 is 1.72 bits per heavy atom. The third-order valence-electron chi connectivity index (χ3n) is 5.56. The van der Waals surface area contributed by atoms with E-state index in [9.17, 15) is 4.79 Å². The van der Waals surface area contributed by atoms with E-state index in [0.29, 0.717) is 12.3 Å². The quantitative estimate of drug-likeness (QED) is 0.856. The Morgan fingerprint density at radius 3 is 2.34 bits per heavy atom. The van der Waals surface area contributed by atoms with Gasteiger partial charge in [0.25, 0.3) is 5.91 Å². The van der Waals surface area contributed by atoms with E-state index >= 15 is 0 Å². The predicted molar refractivity (Wildman–Crippen MR) is 117 cm³/mol. The van der Waals surface area contributed by atoms with Crippen LogP contribution in [0.15, 0.2) is 64.8 Å². The number of benzene rings is 2. The molecule has 1 amide bonds. The van der Waals surface area contributed by atoms with Crippen molar-refractivity contribution in [1.82, 2.24) is 5.32 Å². The summed E-state index contributed by atoms with van der Waals surface area (Å²) in [4.78, 5) is 20.4. The van der Waals surface area contributed by atoms with Crippen LogP contribution in [0.25, 0.3) is 0 Å². The fourth-order valence-corrected chi connectivity index (χ4v) is 3.96. The van der Waals surface area contributed by atoms with Gasteiger partial charge >= 0.3 is 0 Å². The van der Waals surface area contributed by atoms with Crippen molar-refractivity contribution in [3.63, 3.8) is 0 Å². The van der Waals surface area contributed by atoms with Crippen LogP contribution in [-0.2, 0) is 4.79 Å². The Labute approximate surface area is 172 Å². The van der Waals surface area contributed by atoms with E-state index < -0.39 is 0 Å². The molecule has 0 spiro atoms. The van der Waals surface area contributed by atoms with E-state index in [-0.39, 0.29) is 17.5 Å². The second kappa shape index (κ2) is 7.07. The molecule has 1 fully saturated rings. The van der Waals surface area contributed by atoms with Gasteiger partial charge in [0, 0.05) is 23.5 Å². The van der Waals surface area contributed by atoms with Gasteiger partial charge in [0.05, 0.1) is 18.7 Å². The highest BCUT2D eigenvalue weighted by molar-refractivity contribution is 6.53. The molecule has 0 radical (unpaired) electrons. The molecule has 5 heteroatoms. The molecule has 2 heterocycles. The number of hydrogen-bond acceptors (Lipinski definition) is 4. The summed E-state index contributed by atoms with van der Waals surface area (Å²) in [6.07, 6.45) is 0. The highest BCUT2D eigenvalue weighted by Gasteiger charge is 2.46. The van der Waals surface area contributed by atoms with Crippen molar-refractivity contribution < 1.29 is 9.53 Å². The van der Waals surface area contributed by atoms with Crippen LogP contribution in [0, 0.1) is 6.92 Å². The van der Waals surface area contributed by atoms with E-state index in [4.69, 9.17) is 9.73 Å². The molecule has 1 N–H and O–H groups in total. The lowest BCUT2D eigenvalue weighted by Gasteiger charge is -2.27. The number of fused-ring (bicyclic) bond motifs is 1. The molecule has 2 aliphatic rings. The third-order valence-corrected chi connectivity index (χ3v) is 5.56. The van der Waals surface area contributed by atoms with Gasteiger partial charge in [-0.15, -0.1) is 0 Å². The molecule has 0 aromatic heterocycles. The Balaban J connectivity index is 1.92. The molecule has 2 aromatic rings. The number of rotatable bonds is 3. The minimum Gasteiger partial charge on any atom is -0.497 e. The second-order valence-corrected chi connectivity index (χ2v) is 8.35. The number of aryl methyl sites for hydroxylation is 1. The molecule has 2 aromatic carbocycles. The van der Waals surface area contributed by atoms with Crippen molar-refractivity contribution in [2.75, 3.05) is 18.6 Å². The standard InChI is InChI=1S/C24H27N3O2/c1-15-6-8-17(9-7-15)22-20-16(2)25-14-24(3,4)26-21(20)23(28)27(22)18-10-12-19(29-5)13-11-18/h6-13,22,25H,14H2,1-5H3. The summed E-state index contributed by atoms with van der Waals surface area (Å²) in [7, 11) is 1.64. The van der Waals surface area contributed by atoms with Gasteiger partial charge in [-0.3, -0.25) is 14.7 Å². The number of methoxy groups -OCH3 is 1. The third kappa shape index (κ3) is 3.41. The summed E-state index contributed by atoms with van der Waals surface area (Å²) in [6, 6.07) is 15.8. The van der Waals surface area contributed by atoms with Gasteiger partial charge in [-0.05, 0) is 57.5 Å². The normalized spacial score (nSPS) is 20.7. The SMILES string of the molecule is COc1ccc(N2C(=O)C3=NC(C)(C)CNC(C)=C3C2c2ccc(C)cc2)cc1. The molecule has 1 atom stereocenters. The number of nitrogens with one attached hydrogen (secondary N) is 1. The number of aliphatic imine (C=N–C) groups is 1. The van der Waals surface area contributed by atoms with Gasteiger partial charge in [-0.25, -0.2) is 0 Å². The van der Waals surface area contributed by atoms with Crippen LogP contribution in [0.1, 0.15) is 37.9 Å². The molecular weight excluding hydrogens is 362 g/mol. The van der Waals surface area contributed by atoms with Gasteiger partial charge in [-0.1, -0.05) is 29.8 Å². The van der Waals surface area contributed by atoms with Crippen LogP contribution >= 0.6 is 0 Å². The first-order valence-corrected chi connectivity index (χ1v) is 9.90. The molecule has 0 aliphatic carbocycles. The van der Waals surface area contributed by atoms with Gasteiger partial charge in [0.15, 0.2) is 0 Å². The van der Waals surface area contributed by atoms with Crippen LogP contribution < -0.4 is 15.0 Å². The number of carbonyl (C=O) groups is 1. The summed E-state index contributed by atoms with van der Waals surface area (Å²) >= 11 is 0. The Bertz CT molecular complexity index is 1000. The average molecular weight is 389 g/mol. The maximum atomic E-state index is 13.6. The van der Waals surface area contributed by atoms with Gasteiger partial charge in [-0.2, -0.15) is 0 Å². The van der Waals surface area contributed by atoms with Crippen LogP contribution in [-0.4, -0.2) is 30.8 Å². The lowest BCUT2D eigenvalue weighted by Crippen LogP contribution is -2.34. The minimum absolute atomic E-state index is 0.0631. The first-order valence-electron chi connectivity index (χ1n) is 9.90. The summed E-state index contributed by atoms with van der Waals surface area (Å²) in [6.45, 7) is 8.90. The van der Waals surface area contributed by atoms with Crippen LogP contribution in [0.2, 0.25) is 0 Å². The Kier molecular flexibility index (Phi) is 4.69. The van der Waals surface area contributed by atoms with E-state index in [1.807, 2.05) is 49.9 Å². The molecular formula is C24H27N3O2. The molecule has 2 aliphatic heterocycles. The first-order chi connectivity index (χ1) is 13.8.